The van der Waals surface area contributed by atoms with Crippen molar-refractivity contribution in [1.29, 1.82) is 0 Å². The Morgan fingerprint density at radius 2 is 2.22 bits per heavy atom. The minimum absolute atomic E-state index is 0.0650. The molecule has 2 aromatic rings. The Kier molecular flexibility index (Phi) is 4.24. The molecule has 0 aliphatic carbocycles. The van der Waals surface area contributed by atoms with E-state index in [2.05, 4.69) is 4.98 Å². The predicted octanol–water partition coefficient (Wildman–Crippen LogP) is 3.31. The maximum Gasteiger partial charge on any atom is 0.299 e. The largest absolute Gasteiger partial charge is 0.465 e. The number of thiophene rings is 1. The van der Waals surface area contributed by atoms with E-state index >= 15 is 0 Å². The number of hydrogen-bond acceptors (Lipinski definition) is 4. The second kappa shape index (κ2) is 5.71. The van der Waals surface area contributed by atoms with E-state index in [1.165, 1.54) is 11.3 Å². The first-order valence-electron chi connectivity index (χ1n) is 5.99. The second-order valence-electron chi connectivity index (χ2n) is 3.96. The van der Waals surface area contributed by atoms with Crippen LogP contribution in [-0.2, 0) is 6.54 Å². The summed E-state index contributed by atoms with van der Waals surface area (Å²) in [6.45, 7) is 5.18. The van der Waals surface area contributed by atoms with Crippen molar-refractivity contribution in [2.45, 2.75) is 33.2 Å². The summed E-state index contributed by atoms with van der Waals surface area (Å²) >= 11 is 7.35. The number of ether oxygens (including phenoxy) is 1. The van der Waals surface area contributed by atoms with E-state index in [9.17, 15) is 4.79 Å². The summed E-state index contributed by atoms with van der Waals surface area (Å²) in [4.78, 5) is 16.7. The van der Waals surface area contributed by atoms with Crippen LogP contribution >= 0.6 is 22.9 Å². The molecule has 0 fully saturated rings. The molecule has 0 amide bonds. The zero-order valence-corrected chi connectivity index (χ0v) is 12.0. The van der Waals surface area contributed by atoms with Crippen molar-refractivity contribution in [2.24, 2.45) is 0 Å². The minimum atomic E-state index is -0.0650. The molecule has 0 saturated heterocycles. The quantitative estimate of drug-likeness (QED) is 0.847. The Labute approximate surface area is 114 Å². The van der Waals surface area contributed by atoms with E-state index in [1.54, 1.807) is 9.95 Å². The molecule has 0 aliphatic heterocycles. The van der Waals surface area contributed by atoms with Gasteiger partial charge in [0.25, 0.3) is 11.6 Å². The molecule has 2 aromatic heterocycles. The Balaban J connectivity index is 2.60. The topological polar surface area (TPSA) is 44.1 Å². The number of aromatic nitrogens is 2. The summed E-state index contributed by atoms with van der Waals surface area (Å²) in [7, 11) is 0. The first-order chi connectivity index (χ1) is 8.69. The van der Waals surface area contributed by atoms with Gasteiger partial charge in [0, 0.05) is 11.9 Å². The molecule has 0 aliphatic rings. The van der Waals surface area contributed by atoms with Crippen molar-refractivity contribution < 1.29 is 4.74 Å². The van der Waals surface area contributed by atoms with Crippen LogP contribution in [0, 0.1) is 0 Å². The predicted molar refractivity (Wildman–Crippen MR) is 75.0 cm³/mol. The van der Waals surface area contributed by atoms with Crippen LogP contribution in [-0.4, -0.2) is 16.2 Å². The normalized spacial score (nSPS) is 11.1. The molecule has 0 aromatic carbocycles. The van der Waals surface area contributed by atoms with Crippen LogP contribution in [0.3, 0.4) is 0 Å². The van der Waals surface area contributed by atoms with Gasteiger partial charge >= 0.3 is 0 Å². The highest BCUT2D eigenvalue weighted by atomic mass is 35.5. The van der Waals surface area contributed by atoms with Crippen molar-refractivity contribution in [2.75, 3.05) is 6.61 Å². The zero-order valence-electron chi connectivity index (χ0n) is 10.4. The van der Waals surface area contributed by atoms with Crippen molar-refractivity contribution >= 4 is 33.2 Å². The van der Waals surface area contributed by atoms with Crippen LogP contribution in [0.2, 0.25) is 5.02 Å². The fraction of sp³-hybridized carbons (Fsp3) is 0.500. The maximum absolute atomic E-state index is 12.3. The smallest absolute Gasteiger partial charge is 0.299 e. The Morgan fingerprint density at radius 1 is 1.44 bits per heavy atom. The Morgan fingerprint density at radius 3 is 2.89 bits per heavy atom. The van der Waals surface area contributed by atoms with Crippen LogP contribution in [0.25, 0.3) is 10.2 Å². The molecule has 0 unspecified atom stereocenters. The molecule has 2 heterocycles. The van der Waals surface area contributed by atoms with E-state index in [0.717, 1.165) is 12.8 Å². The molecule has 0 N–H and O–H groups in total. The van der Waals surface area contributed by atoms with Crippen molar-refractivity contribution in [3.8, 4) is 6.01 Å². The van der Waals surface area contributed by atoms with E-state index < -0.39 is 0 Å². The first-order valence-corrected chi connectivity index (χ1v) is 7.25. The van der Waals surface area contributed by atoms with Gasteiger partial charge in [0.1, 0.15) is 10.2 Å². The maximum atomic E-state index is 12.3. The molecular formula is C12H15ClN2O2S. The van der Waals surface area contributed by atoms with Gasteiger partial charge in [0.05, 0.1) is 11.6 Å². The molecule has 0 spiro atoms. The minimum Gasteiger partial charge on any atom is -0.465 e. The summed E-state index contributed by atoms with van der Waals surface area (Å²) in [6.07, 6.45) is 1.73. The molecule has 18 heavy (non-hydrogen) atoms. The van der Waals surface area contributed by atoms with Gasteiger partial charge in [-0.2, -0.15) is 4.98 Å². The van der Waals surface area contributed by atoms with Gasteiger partial charge in [-0.1, -0.05) is 25.4 Å². The number of rotatable bonds is 5. The van der Waals surface area contributed by atoms with Crippen LogP contribution in [0.5, 0.6) is 6.01 Å². The SMILES string of the molecule is CCCOc1nc2c(Cl)csc2c(=O)n1CCC. The van der Waals surface area contributed by atoms with Crippen molar-refractivity contribution in [1.82, 2.24) is 9.55 Å². The van der Waals surface area contributed by atoms with E-state index in [1.807, 2.05) is 13.8 Å². The Bertz CT molecular complexity index is 606. The molecule has 6 heteroatoms. The lowest BCUT2D eigenvalue weighted by atomic mass is 10.4. The highest BCUT2D eigenvalue weighted by Crippen LogP contribution is 2.27. The Hall–Kier alpha value is -1.07. The second-order valence-corrected chi connectivity index (χ2v) is 5.25. The van der Waals surface area contributed by atoms with Crippen LogP contribution < -0.4 is 10.3 Å². The number of fused-ring (bicyclic) bond motifs is 1. The average Bonchev–Trinajstić information content (AvgIpc) is 2.73. The summed E-state index contributed by atoms with van der Waals surface area (Å²) in [5.41, 5.74) is 0.481. The standard InChI is InChI=1S/C12H15ClN2O2S/c1-3-5-15-11(16)10-9(8(13)7-18-10)14-12(15)17-6-4-2/h7H,3-6H2,1-2H3. The third-order valence-corrected chi connectivity index (χ3v) is 3.86. The lowest BCUT2D eigenvalue weighted by molar-refractivity contribution is 0.272. The molecule has 4 nitrogen and oxygen atoms in total. The highest BCUT2D eigenvalue weighted by molar-refractivity contribution is 7.17. The van der Waals surface area contributed by atoms with E-state index in [-0.39, 0.29) is 5.56 Å². The van der Waals surface area contributed by atoms with Gasteiger partial charge < -0.3 is 4.74 Å². The van der Waals surface area contributed by atoms with Gasteiger partial charge in [0.2, 0.25) is 0 Å². The highest BCUT2D eigenvalue weighted by Gasteiger charge is 2.15. The molecular weight excluding hydrogens is 272 g/mol. The number of nitrogens with zero attached hydrogens (tertiary/aromatic N) is 2. The summed E-state index contributed by atoms with van der Waals surface area (Å²) < 4.78 is 7.73. The first kappa shape index (κ1) is 13.4. The van der Waals surface area contributed by atoms with Gasteiger partial charge in [-0.3, -0.25) is 9.36 Å². The van der Waals surface area contributed by atoms with Crippen molar-refractivity contribution in [3.05, 3.63) is 20.8 Å². The van der Waals surface area contributed by atoms with E-state index in [4.69, 9.17) is 16.3 Å². The average molecular weight is 287 g/mol. The summed E-state index contributed by atoms with van der Waals surface area (Å²) in [5.74, 6) is 0. The molecule has 2 rings (SSSR count). The van der Waals surface area contributed by atoms with Gasteiger partial charge in [0.15, 0.2) is 0 Å². The third kappa shape index (κ3) is 2.37. The molecule has 0 radical (unpaired) electrons. The molecule has 0 bridgehead atoms. The summed E-state index contributed by atoms with van der Waals surface area (Å²) in [5, 5.41) is 2.25. The third-order valence-electron chi connectivity index (χ3n) is 2.48. The van der Waals surface area contributed by atoms with Gasteiger partial charge in [-0.25, -0.2) is 0 Å². The van der Waals surface area contributed by atoms with E-state index in [0.29, 0.717) is 34.4 Å². The zero-order chi connectivity index (χ0) is 13.1. The molecule has 98 valence electrons. The monoisotopic (exact) mass is 286 g/mol. The summed E-state index contributed by atoms with van der Waals surface area (Å²) in [6, 6.07) is 0.372. The van der Waals surface area contributed by atoms with Crippen LogP contribution in [0.1, 0.15) is 26.7 Å². The fourth-order valence-electron chi connectivity index (χ4n) is 1.68. The van der Waals surface area contributed by atoms with Gasteiger partial charge in [-0.15, -0.1) is 11.3 Å². The van der Waals surface area contributed by atoms with Crippen LogP contribution in [0.15, 0.2) is 10.2 Å². The fourth-order valence-corrected chi connectivity index (χ4v) is 2.81. The lowest BCUT2D eigenvalue weighted by Gasteiger charge is -2.11. The molecule has 0 saturated carbocycles. The van der Waals surface area contributed by atoms with Crippen molar-refractivity contribution in [3.63, 3.8) is 0 Å². The number of halogens is 1. The molecule has 0 atom stereocenters. The van der Waals surface area contributed by atoms with Gasteiger partial charge in [-0.05, 0) is 12.8 Å². The number of hydrogen-bond donors (Lipinski definition) is 0. The lowest BCUT2D eigenvalue weighted by Crippen LogP contribution is -2.23. The van der Waals surface area contributed by atoms with Crippen LogP contribution in [0.4, 0.5) is 0 Å².